The molecule has 0 aromatic carbocycles. The van der Waals surface area contributed by atoms with Crippen molar-refractivity contribution in [2.24, 2.45) is 0 Å². The minimum atomic E-state index is -0.515. The maximum Gasteiger partial charge on any atom is 0.306 e. The number of carbonyl (C=O) groups is 2. The Morgan fingerprint density at radius 2 is 0.825 bits per heavy atom. The average Bonchev–Trinajstić information content (AvgIpc) is 2.95. The van der Waals surface area contributed by atoms with Gasteiger partial charge in [-0.25, -0.2) is 0 Å². The fraction of sp³-hybridized carbons (Fsp3) is 0.943. The minimum Gasteiger partial charge on any atom is -0.462 e. The zero-order valence-corrected chi connectivity index (χ0v) is 27.1. The Labute approximate surface area is 249 Å². The van der Waals surface area contributed by atoms with Gasteiger partial charge in [-0.3, -0.25) is 9.59 Å². The summed E-state index contributed by atoms with van der Waals surface area (Å²) in [5.74, 6) is -0.404. The van der Waals surface area contributed by atoms with Gasteiger partial charge in [0.25, 0.3) is 0 Å². The van der Waals surface area contributed by atoms with Crippen LogP contribution in [0.3, 0.4) is 0 Å². The molecular weight excluding hydrogens is 500 g/mol. The van der Waals surface area contributed by atoms with E-state index in [0.29, 0.717) is 26.1 Å². The molecule has 238 valence electrons. The van der Waals surface area contributed by atoms with Crippen LogP contribution in [-0.4, -0.2) is 37.9 Å². The van der Waals surface area contributed by atoms with Crippen molar-refractivity contribution >= 4 is 11.9 Å². The van der Waals surface area contributed by atoms with E-state index < -0.39 is 6.10 Å². The van der Waals surface area contributed by atoms with E-state index in [1.165, 1.54) is 116 Å². The van der Waals surface area contributed by atoms with Gasteiger partial charge in [0.1, 0.15) is 6.61 Å². The first-order valence-electron chi connectivity index (χ1n) is 17.6. The van der Waals surface area contributed by atoms with Gasteiger partial charge in [-0.1, -0.05) is 156 Å². The van der Waals surface area contributed by atoms with Crippen LogP contribution < -0.4 is 0 Å². The third-order valence-electron chi connectivity index (χ3n) is 7.64. The highest BCUT2D eigenvalue weighted by Gasteiger charge is 2.17. The molecule has 1 atom stereocenters. The molecule has 0 aromatic rings. The molecule has 0 heterocycles. The summed E-state index contributed by atoms with van der Waals surface area (Å²) in [5, 5.41) is 0. The summed E-state index contributed by atoms with van der Waals surface area (Å²) in [7, 11) is 0. The van der Waals surface area contributed by atoms with E-state index in [1.54, 1.807) is 0 Å². The van der Waals surface area contributed by atoms with Crippen LogP contribution in [-0.2, 0) is 23.8 Å². The lowest BCUT2D eigenvalue weighted by atomic mass is 10.1. The van der Waals surface area contributed by atoms with Gasteiger partial charge >= 0.3 is 11.9 Å². The molecule has 0 saturated carbocycles. The first-order valence-corrected chi connectivity index (χ1v) is 17.6. The number of unbranched alkanes of at least 4 members (excludes halogenated alkanes) is 21. The highest BCUT2D eigenvalue weighted by molar-refractivity contribution is 5.70. The van der Waals surface area contributed by atoms with Crippen molar-refractivity contribution in [3.8, 4) is 0 Å². The molecule has 5 nitrogen and oxygen atoms in total. The molecule has 5 heteroatoms. The molecule has 0 amide bonds. The van der Waals surface area contributed by atoms with Crippen LogP contribution in [0.5, 0.6) is 0 Å². The Morgan fingerprint density at radius 1 is 0.450 bits per heavy atom. The van der Waals surface area contributed by atoms with Crippen LogP contribution in [0.1, 0.15) is 188 Å². The lowest BCUT2D eigenvalue weighted by Gasteiger charge is -2.18. The molecule has 0 aliphatic carbocycles. The average molecular weight is 569 g/mol. The highest BCUT2D eigenvalue weighted by atomic mass is 16.6. The predicted molar refractivity (Wildman–Crippen MR) is 169 cm³/mol. The second-order valence-corrected chi connectivity index (χ2v) is 11.8. The van der Waals surface area contributed by atoms with Crippen molar-refractivity contribution in [1.82, 2.24) is 0 Å². The Bertz CT molecular complexity index is 536. The summed E-state index contributed by atoms with van der Waals surface area (Å²) in [6.45, 7) is 7.74. The third-order valence-corrected chi connectivity index (χ3v) is 7.64. The van der Waals surface area contributed by atoms with Gasteiger partial charge in [0, 0.05) is 19.4 Å². The van der Waals surface area contributed by atoms with E-state index in [1.807, 2.05) is 0 Å². The monoisotopic (exact) mass is 569 g/mol. The second kappa shape index (κ2) is 32.4. The zero-order chi connectivity index (χ0) is 29.4. The van der Waals surface area contributed by atoms with E-state index in [2.05, 4.69) is 20.8 Å². The highest BCUT2D eigenvalue weighted by Crippen LogP contribution is 2.13. The maximum atomic E-state index is 12.4. The van der Waals surface area contributed by atoms with Crippen molar-refractivity contribution in [1.29, 1.82) is 0 Å². The first kappa shape index (κ1) is 38.9. The Hall–Kier alpha value is -1.10. The number of rotatable bonds is 32. The summed E-state index contributed by atoms with van der Waals surface area (Å²) >= 11 is 0. The van der Waals surface area contributed by atoms with Gasteiger partial charge in [-0.2, -0.15) is 0 Å². The first-order chi connectivity index (χ1) is 19.6. The van der Waals surface area contributed by atoms with E-state index in [0.717, 1.165) is 38.5 Å². The summed E-state index contributed by atoms with van der Waals surface area (Å²) in [4.78, 5) is 24.7. The van der Waals surface area contributed by atoms with Gasteiger partial charge in [-0.05, 0) is 19.3 Å². The molecule has 0 spiro atoms. The largest absolute Gasteiger partial charge is 0.462 e. The van der Waals surface area contributed by atoms with Crippen LogP contribution in [0.2, 0.25) is 0 Å². The summed E-state index contributed by atoms with van der Waals surface area (Å²) in [6.07, 6.45) is 29.7. The molecule has 0 aliphatic heterocycles. The van der Waals surface area contributed by atoms with Crippen molar-refractivity contribution in [2.45, 2.75) is 194 Å². The van der Waals surface area contributed by atoms with Crippen molar-refractivity contribution in [3.05, 3.63) is 0 Å². The van der Waals surface area contributed by atoms with E-state index >= 15 is 0 Å². The molecule has 0 aromatic heterocycles. The van der Waals surface area contributed by atoms with Gasteiger partial charge in [-0.15, -0.1) is 0 Å². The van der Waals surface area contributed by atoms with Gasteiger partial charge in [0.15, 0.2) is 6.10 Å². The lowest BCUT2D eigenvalue weighted by Crippen LogP contribution is -2.30. The molecular formula is C35H68O5. The lowest BCUT2D eigenvalue weighted by molar-refractivity contribution is -0.163. The number of esters is 2. The number of ether oxygens (including phenoxy) is 3. The number of hydrogen-bond acceptors (Lipinski definition) is 5. The van der Waals surface area contributed by atoms with Gasteiger partial charge < -0.3 is 14.2 Å². The minimum absolute atomic E-state index is 0.0931. The van der Waals surface area contributed by atoms with E-state index in [4.69, 9.17) is 14.2 Å². The molecule has 0 N–H and O–H groups in total. The smallest absolute Gasteiger partial charge is 0.306 e. The zero-order valence-electron chi connectivity index (χ0n) is 27.1. The van der Waals surface area contributed by atoms with Crippen LogP contribution >= 0.6 is 0 Å². The Morgan fingerprint density at radius 3 is 1.27 bits per heavy atom. The molecule has 0 radical (unpaired) electrons. The predicted octanol–water partition coefficient (Wildman–Crippen LogP) is 10.7. The molecule has 0 rings (SSSR count). The summed E-state index contributed by atoms with van der Waals surface area (Å²) in [5.41, 5.74) is 0. The van der Waals surface area contributed by atoms with Crippen LogP contribution in [0, 0.1) is 0 Å². The second-order valence-electron chi connectivity index (χ2n) is 11.8. The van der Waals surface area contributed by atoms with Crippen LogP contribution in [0.15, 0.2) is 0 Å². The molecule has 0 saturated heterocycles. The fourth-order valence-corrected chi connectivity index (χ4v) is 4.98. The summed E-state index contributed by atoms with van der Waals surface area (Å²) < 4.78 is 17.0. The summed E-state index contributed by atoms with van der Waals surface area (Å²) in [6, 6.07) is 0. The molecule has 1 unspecified atom stereocenters. The standard InChI is InChI=1S/C35H68O5/c1-4-7-10-13-15-17-18-19-20-23-25-28-34(36)39-32-33(40-35(37)29-26-22-12-9-6-3)31-38-30-27-24-21-16-14-11-8-5-2/h33H,4-32H2,1-3H3. The van der Waals surface area contributed by atoms with Crippen LogP contribution in [0.4, 0.5) is 0 Å². The number of carbonyl (C=O) groups excluding carboxylic acids is 2. The van der Waals surface area contributed by atoms with Crippen molar-refractivity contribution in [3.63, 3.8) is 0 Å². The molecule has 0 aliphatic rings. The maximum absolute atomic E-state index is 12.4. The van der Waals surface area contributed by atoms with E-state index in [9.17, 15) is 9.59 Å². The molecule has 40 heavy (non-hydrogen) atoms. The molecule has 0 bridgehead atoms. The number of hydrogen-bond donors (Lipinski definition) is 0. The van der Waals surface area contributed by atoms with Gasteiger partial charge in [0.2, 0.25) is 0 Å². The van der Waals surface area contributed by atoms with E-state index in [-0.39, 0.29) is 18.5 Å². The Kier molecular flexibility index (Phi) is 31.5. The van der Waals surface area contributed by atoms with Crippen LogP contribution in [0.25, 0.3) is 0 Å². The third kappa shape index (κ3) is 29.9. The Balaban J connectivity index is 4.10. The molecule has 0 fully saturated rings. The van der Waals surface area contributed by atoms with Crippen molar-refractivity contribution in [2.75, 3.05) is 19.8 Å². The normalized spacial score (nSPS) is 12.0. The van der Waals surface area contributed by atoms with Gasteiger partial charge in [0.05, 0.1) is 6.61 Å². The quantitative estimate of drug-likeness (QED) is 0.0596. The fourth-order valence-electron chi connectivity index (χ4n) is 4.98. The SMILES string of the molecule is CCCCCCCCCCCCCC(=O)OCC(COCCCCCCCCCC)OC(=O)CCCCCCC. The van der Waals surface area contributed by atoms with Crippen molar-refractivity contribution < 1.29 is 23.8 Å². The topological polar surface area (TPSA) is 61.8 Å².